The average Bonchev–Trinajstić information content (AvgIpc) is 2.55. The molecule has 25 heavy (non-hydrogen) atoms. The first-order chi connectivity index (χ1) is 11.9. The summed E-state index contributed by atoms with van der Waals surface area (Å²) in [6.45, 7) is 5.58. The van der Waals surface area contributed by atoms with Crippen LogP contribution in [0.3, 0.4) is 0 Å². The van der Waals surface area contributed by atoms with Crippen molar-refractivity contribution in [3.63, 3.8) is 0 Å². The number of halogens is 1. The van der Waals surface area contributed by atoms with E-state index in [0.29, 0.717) is 0 Å². The monoisotopic (exact) mass is 343 g/mol. The fourth-order valence-electron chi connectivity index (χ4n) is 2.58. The quantitative estimate of drug-likeness (QED) is 0.755. The summed E-state index contributed by atoms with van der Waals surface area (Å²) < 4.78 is 13.4. The number of amides is 2. The van der Waals surface area contributed by atoms with Gasteiger partial charge in [0.05, 0.1) is 18.8 Å². The van der Waals surface area contributed by atoms with E-state index < -0.39 is 11.7 Å². The average molecular weight is 343 g/mol. The second-order valence-electron chi connectivity index (χ2n) is 5.93. The Hall–Kier alpha value is -2.89. The summed E-state index contributed by atoms with van der Waals surface area (Å²) in [5.74, 6) is -1.14. The van der Waals surface area contributed by atoms with Gasteiger partial charge in [-0.3, -0.25) is 9.59 Å². The molecular formula is C19H22FN3O2. The molecule has 0 aliphatic carbocycles. The van der Waals surface area contributed by atoms with Crippen LogP contribution in [-0.4, -0.2) is 24.9 Å². The third-order valence-corrected chi connectivity index (χ3v) is 3.70. The number of hydrogen-bond donors (Lipinski definition) is 3. The summed E-state index contributed by atoms with van der Waals surface area (Å²) in [5, 5.41) is 8.01. The number of para-hydroxylation sites is 1. The minimum atomic E-state index is -0.432. The molecule has 5 nitrogen and oxygen atoms in total. The topological polar surface area (TPSA) is 70.2 Å². The van der Waals surface area contributed by atoms with E-state index in [1.165, 1.54) is 12.1 Å². The fourth-order valence-corrected chi connectivity index (χ4v) is 2.58. The lowest BCUT2D eigenvalue weighted by molar-refractivity contribution is -0.122. The van der Waals surface area contributed by atoms with Crippen LogP contribution in [0, 0.1) is 26.6 Å². The second kappa shape index (κ2) is 8.28. The standard InChI is InChI=1S/C19H22FN3O2/c1-12-8-13(2)19(14(3)9-12)23-18(25)11-22-17(24)10-21-16-7-5-4-6-15(16)20/h4-9,21H,10-11H2,1-3H3,(H,22,24)(H,23,25). The first-order valence-electron chi connectivity index (χ1n) is 7.99. The Morgan fingerprint density at radius 2 is 1.60 bits per heavy atom. The highest BCUT2D eigenvalue weighted by Crippen LogP contribution is 2.21. The minimum Gasteiger partial charge on any atom is -0.374 e. The fraction of sp³-hybridized carbons (Fsp3) is 0.263. The summed E-state index contributed by atoms with van der Waals surface area (Å²) >= 11 is 0. The maximum atomic E-state index is 13.4. The molecule has 6 heteroatoms. The van der Waals surface area contributed by atoms with Gasteiger partial charge >= 0.3 is 0 Å². The molecule has 0 aromatic heterocycles. The third kappa shape index (κ3) is 5.31. The Morgan fingerprint density at radius 3 is 2.24 bits per heavy atom. The van der Waals surface area contributed by atoms with Crippen molar-refractivity contribution in [2.24, 2.45) is 0 Å². The van der Waals surface area contributed by atoms with E-state index in [0.717, 1.165) is 22.4 Å². The lowest BCUT2D eigenvalue weighted by Crippen LogP contribution is -2.36. The number of carbonyl (C=O) groups is 2. The van der Waals surface area contributed by atoms with Crippen LogP contribution in [0.15, 0.2) is 36.4 Å². The highest BCUT2D eigenvalue weighted by molar-refractivity contribution is 5.96. The Bertz CT molecular complexity index is 767. The molecule has 0 fully saturated rings. The molecule has 0 atom stereocenters. The van der Waals surface area contributed by atoms with Gasteiger partial charge in [0.2, 0.25) is 11.8 Å². The molecule has 132 valence electrons. The van der Waals surface area contributed by atoms with Gasteiger partial charge in [-0.15, -0.1) is 0 Å². The van der Waals surface area contributed by atoms with E-state index in [4.69, 9.17) is 0 Å². The molecule has 0 saturated heterocycles. The van der Waals surface area contributed by atoms with Crippen molar-refractivity contribution in [1.29, 1.82) is 0 Å². The van der Waals surface area contributed by atoms with E-state index in [2.05, 4.69) is 16.0 Å². The highest BCUT2D eigenvalue weighted by atomic mass is 19.1. The molecule has 0 aliphatic rings. The predicted molar refractivity (Wildman–Crippen MR) is 97.2 cm³/mol. The lowest BCUT2D eigenvalue weighted by Gasteiger charge is -2.13. The SMILES string of the molecule is Cc1cc(C)c(NC(=O)CNC(=O)CNc2ccccc2F)c(C)c1. The van der Waals surface area contributed by atoms with Gasteiger partial charge < -0.3 is 16.0 Å². The maximum absolute atomic E-state index is 13.4. The van der Waals surface area contributed by atoms with Gasteiger partial charge in [0.25, 0.3) is 0 Å². The van der Waals surface area contributed by atoms with Crippen molar-refractivity contribution in [2.75, 3.05) is 23.7 Å². The number of anilines is 2. The van der Waals surface area contributed by atoms with Crippen molar-refractivity contribution >= 4 is 23.2 Å². The predicted octanol–water partition coefficient (Wildman–Crippen LogP) is 2.92. The molecule has 0 bridgehead atoms. The van der Waals surface area contributed by atoms with Gasteiger partial charge in [0, 0.05) is 5.69 Å². The number of carbonyl (C=O) groups excluding carboxylic acids is 2. The first-order valence-corrected chi connectivity index (χ1v) is 7.99. The zero-order chi connectivity index (χ0) is 18.4. The minimum absolute atomic E-state index is 0.114. The van der Waals surface area contributed by atoms with Crippen molar-refractivity contribution < 1.29 is 14.0 Å². The Balaban J connectivity index is 1.82. The number of hydrogen-bond acceptors (Lipinski definition) is 3. The largest absolute Gasteiger partial charge is 0.374 e. The van der Waals surface area contributed by atoms with Crippen molar-refractivity contribution in [3.05, 3.63) is 58.9 Å². The van der Waals surface area contributed by atoms with Crippen LogP contribution >= 0.6 is 0 Å². The number of nitrogens with one attached hydrogen (secondary N) is 3. The van der Waals surface area contributed by atoms with Crippen LogP contribution < -0.4 is 16.0 Å². The van der Waals surface area contributed by atoms with Gasteiger partial charge in [-0.2, -0.15) is 0 Å². The van der Waals surface area contributed by atoms with Gasteiger partial charge in [-0.1, -0.05) is 29.8 Å². The summed E-state index contributed by atoms with van der Waals surface area (Å²) in [5.41, 5.74) is 4.07. The van der Waals surface area contributed by atoms with Crippen molar-refractivity contribution in [1.82, 2.24) is 5.32 Å². The molecular weight excluding hydrogens is 321 g/mol. The highest BCUT2D eigenvalue weighted by Gasteiger charge is 2.10. The molecule has 0 radical (unpaired) electrons. The molecule has 0 unspecified atom stereocenters. The molecule has 2 amide bonds. The number of rotatable bonds is 6. The molecule has 2 aromatic rings. The number of aryl methyl sites for hydroxylation is 3. The summed E-state index contributed by atoms with van der Waals surface area (Å²) in [6.07, 6.45) is 0. The van der Waals surface area contributed by atoms with E-state index >= 15 is 0 Å². The van der Waals surface area contributed by atoms with E-state index in [1.807, 2.05) is 32.9 Å². The van der Waals surface area contributed by atoms with Crippen LogP contribution in [-0.2, 0) is 9.59 Å². The molecule has 0 heterocycles. The molecule has 0 saturated carbocycles. The molecule has 3 N–H and O–H groups in total. The number of benzene rings is 2. The van der Waals surface area contributed by atoms with Gasteiger partial charge in [-0.05, 0) is 44.0 Å². The van der Waals surface area contributed by atoms with Crippen LogP contribution in [0.2, 0.25) is 0 Å². The summed E-state index contributed by atoms with van der Waals surface area (Å²) in [4.78, 5) is 23.8. The normalized spacial score (nSPS) is 10.2. The maximum Gasteiger partial charge on any atom is 0.243 e. The zero-order valence-corrected chi connectivity index (χ0v) is 14.6. The Labute approximate surface area is 146 Å². The molecule has 2 rings (SSSR count). The summed E-state index contributed by atoms with van der Waals surface area (Å²) in [6, 6.07) is 10.1. The van der Waals surface area contributed by atoms with Crippen LogP contribution in [0.5, 0.6) is 0 Å². The lowest BCUT2D eigenvalue weighted by atomic mass is 10.1. The van der Waals surface area contributed by atoms with Gasteiger partial charge in [-0.25, -0.2) is 4.39 Å². The van der Waals surface area contributed by atoms with E-state index in [-0.39, 0.29) is 24.7 Å². The molecule has 0 aliphatic heterocycles. The second-order valence-corrected chi connectivity index (χ2v) is 5.93. The van der Waals surface area contributed by atoms with Crippen LogP contribution in [0.4, 0.5) is 15.8 Å². The third-order valence-electron chi connectivity index (χ3n) is 3.70. The Kier molecular flexibility index (Phi) is 6.11. The molecule has 0 spiro atoms. The van der Waals surface area contributed by atoms with E-state index in [9.17, 15) is 14.0 Å². The summed E-state index contributed by atoms with van der Waals surface area (Å²) in [7, 11) is 0. The van der Waals surface area contributed by atoms with Crippen LogP contribution in [0.1, 0.15) is 16.7 Å². The van der Waals surface area contributed by atoms with E-state index in [1.54, 1.807) is 12.1 Å². The van der Waals surface area contributed by atoms with Crippen molar-refractivity contribution in [3.8, 4) is 0 Å². The zero-order valence-electron chi connectivity index (χ0n) is 14.6. The Morgan fingerprint density at radius 1 is 0.960 bits per heavy atom. The first kappa shape index (κ1) is 18.4. The smallest absolute Gasteiger partial charge is 0.243 e. The van der Waals surface area contributed by atoms with Crippen LogP contribution in [0.25, 0.3) is 0 Å². The molecule has 2 aromatic carbocycles. The van der Waals surface area contributed by atoms with Gasteiger partial charge in [0.1, 0.15) is 5.82 Å². The van der Waals surface area contributed by atoms with Crippen molar-refractivity contribution in [2.45, 2.75) is 20.8 Å². The van der Waals surface area contributed by atoms with Gasteiger partial charge in [0.15, 0.2) is 0 Å².